The van der Waals surface area contributed by atoms with Gasteiger partial charge in [-0.2, -0.15) is 0 Å². The Labute approximate surface area is 186 Å². The molecule has 4 rings (SSSR count). The molecule has 7 nitrogen and oxygen atoms in total. The van der Waals surface area contributed by atoms with Crippen LogP contribution in [0.25, 0.3) is 0 Å². The number of amides is 2. The first kappa shape index (κ1) is 21.8. The molecule has 0 aliphatic heterocycles. The smallest absolute Gasteiger partial charge is 0.287 e. The molecule has 1 fully saturated rings. The van der Waals surface area contributed by atoms with Gasteiger partial charge < -0.3 is 15.1 Å². The van der Waals surface area contributed by atoms with E-state index in [1.807, 2.05) is 30.3 Å². The molecule has 1 atom stereocenters. The number of hydrogen-bond acceptors (Lipinski definition) is 5. The van der Waals surface area contributed by atoms with E-state index in [4.69, 9.17) is 4.42 Å². The Hall–Kier alpha value is -3.39. The first-order valence-electron chi connectivity index (χ1n) is 10.4. The molecule has 1 aromatic heterocycles. The third kappa shape index (κ3) is 5.64. The van der Waals surface area contributed by atoms with Crippen LogP contribution in [0.3, 0.4) is 0 Å². The second kappa shape index (κ2) is 9.40. The average Bonchev–Trinajstić information content (AvgIpc) is 3.49. The molecule has 0 bridgehead atoms. The maximum absolute atomic E-state index is 12.8. The van der Waals surface area contributed by atoms with Crippen LogP contribution >= 0.6 is 0 Å². The molecule has 2 aromatic carbocycles. The Morgan fingerprint density at radius 2 is 1.59 bits per heavy atom. The molecular weight excluding hydrogens is 428 g/mol. The Kier molecular flexibility index (Phi) is 6.41. The van der Waals surface area contributed by atoms with Crippen LogP contribution in [0.1, 0.15) is 34.7 Å². The van der Waals surface area contributed by atoms with E-state index in [0.29, 0.717) is 6.42 Å². The van der Waals surface area contributed by atoms with Crippen LogP contribution < -0.4 is 10.6 Å². The van der Waals surface area contributed by atoms with Gasteiger partial charge in [0.1, 0.15) is 17.6 Å². The van der Waals surface area contributed by atoms with Gasteiger partial charge >= 0.3 is 0 Å². The summed E-state index contributed by atoms with van der Waals surface area (Å²) in [5.41, 5.74) is 0.915. The quantitative estimate of drug-likeness (QED) is 0.519. The third-order valence-electron chi connectivity index (χ3n) is 5.15. The van der Waals surface area contributed by atoms with E-state index in [2.05, 4.69) is 10.6 Å². The van der Waals surface area contributed by atoms with E-state index in [9.17, 15) is 18.0 Å². The van der Waals surface area contributed by atoms with Gasteiger partial charge in [-0.1, -0.05) is 48.5 Å². The molecule has 0 spiro atoms. The fourth-order valence-corrected chi connectivity index (χ4v) is 4.56. The number of carbonyl (C=O) groups excluding carboxylic acids is 2. The molecule has 1 heterocycles. The third-order valence-corrected chi connectivity index (χ3v) is 6.80. The van der Waals surface area contributed by atoms with E-state index in [1.54, 1.807) is 18.2 Å². The van der Waals surface area contributed by atoms with Crippen molar-refractivity contribution in [2.45, 2.75) is 42.0 Å². The lowest BCUT2D eigenvalue weighted by Gasteiger charge is -2.18. The van der Waals surface area contributed by atoms with Crippen LogP contribution in [0.5, 0.6) is 0 Å². The molecule has 1 saturated carbocycles. The lowest BCUT2D eigenvalue weighted by molar-refractivity contribution is -0.123. The summed E-state index contributed by atoms with van der Waals surface area (Å²) in [7, 11) is -3.60. The fourth-order valence-electron chi connectivity index (χ4n) is 3.29. The second-order valence-electron chi connectivity index (χ2n) is 7.84. The average molecular weight is 453 g/mol. The summed E-state index contributed by atoms with van der Waals surface area (Å²) < 4.78 is 30.6. The van der Waals surface area contributed by atoms with Crippen molar-refractivity contribution < 1.29 is 22.4 Å². The first-order chi connectivity index (χ1) is 15.4. The topological polar surface area (TPSA) is 105 Å². The highest BCUT2D eigenvalue weighted by Crippen LogP contribution is 2.20. The van der Waals surface area contributed by atoms with Crippen LogP contribution in [0.15, 0.2) is 82.1 Å². The minimum atomic E-state index is -3.60. The molecular formula is C24H24N2O5S. The zero-order chi connectivity index (χ0) is 22.6. The summed E-state index contributed by atoms with van der Waals surface area (Å²) in [6, 6.07) is 19.7. The number of benzene rings is 2. The van der Waals surface area contributed by atoms with Crippen molar-refractivity contribution in [3.8, 4) is 0 Å². The number of hydrogen-bond donors (Lipinski definition) is 2. The summed E-state index contributed by atoms with van der Waals surface area (Å²) >= 11 is 0. The lowest BCUT2D eigenvalue weighted by atomic mass is 10.1. The Balaban J connectivity index is 1.45. The molecule has 2 N–H and O–H groups in total. The monoisotopic (exact) mass is 452 g/mol. The van der Waals surface area contributed by atoms with E-state index in [0.717, 1.165) is 18.4 Å². The van der Waals surface area contributed by atoms with Crippen LogP contribution in [-0.4, -0.2) is 32.3 Å². The highest BCUT2D eigenvalue weighted by Gasteiger charge is 2.29. The number of sulfone groups is 1. The zero-order valence-electron chi connectivity index (χ0n) is 17.4. The van der Waals surface area contributed by atoms with Crippen molar-refractivity contribution in [2.24, 2.45) is 0 Å². The number of rotatable bonds is 9. The van der Waals surface area contributed by atoms with Crippen molar-refractivity contribution in [1.82, 2.24) is 10.6 Å². The standard InChI is InChI=1S/C24H24N2O5S/c27-23(25-18-11-12-18)21(15-17-7-3-1-4-8-17)26-24(28)22-14-13-19(31-22)16-32(29,30)20-9-5-2-6-10-20/h1-10,13-14,18,21H,11-12,15-16H2,(H,25,27)(H,26,28). The zero-order valence-corrected chi connectivity index (χ0v) is 18.2. The molecule has 1 aliphatic carbocycles. The van der Waals surface area contributed by atoms with Crippen molar-refractivity contribution in [2.75, 3.05) is 0 Å². The van der Waals surface area contributed by atoms with Gasteiger partial charge in [-0.3, -0.25) is 9.59 Å². The lowest BCUT2D eigenvalue weighted by Crippen LogP contribution is -2.48. The number of furan rings is 1. The van der Waals surface area contributed by atoms with Gasteiger partial charge in [-0.15, -0.1) is 0 Å². The molecule has 3 aromatic rings. The highest BCUT2D eigenvalue weighted by atomic mass is 32.2. The molecule has 166 valence electrons. The van der Waals surface area contributed by atoms with Crippen molar-refractivity contribution >= 4 is 21.7 Å². The molecule has 0 radical (unpaired) electrons. The van der Waals surface area contributed by atoms with Crippen LogP contribution in [0.4, 0.5) is 0 Å². The van der Waals surface area contributed by atoms with E-state index in [1.165, 1.54) is 24.3 Å². The van der Waals surface area contributed by atoms with Gasteiger partial charge in [0, 0.05) is 12.5 Å². The molecule has 1 unspecified atom stereocenters. The summed E-state index contributed by atoms with van der Waals surface area (Å²) in [5, 5.41) is 5.65. The van der Waals surface area contributed by atoms with Gasteiger partial charge in [0.05, 0.1) is 4.90 Å². The van der Waals surface area contributed by atoms with Crippen LogP contribution in [-0.2, 0) is 26.8 Å². The summed E-state index contributed by atoms with van der Waals surface area (Å²) in [4.78, 5) is 25.6. The SMILES string of the molecule is O=C(NC(Cc1ccccc1)C(=O)NC1CC1)c1ccc(CS(=O)(=O)c2ccccc2)o1. The van der Waals surface area contributed by atoms with Crippen LogP contribution in [0, 0.1) is 0 Å². The maximum atomic E-state index is 12.8. The normalized spacial score (nSPS) is 14.5. The summed E-state index contributed by atoms with van der Waals surface area (Å²) in [6.07, 6.45) is 2.21. The van der Waals surface area contributed by atoms with E-state index in [-0.39, 0.29) is 34.1 Å². The Morgan fingerprint density at radius 1 is 0.938 bits per heavy atom. The Bertz CT molecular complexity index is 1190. The molecule has 0 saturated heterocycles. The number of nitrogens with one attached hydrogen (secondary N) is 2. The largest absolute Gasteiger partial charge is 0.455 e. The van der Waals surface area contributed by atoms with Gasteiger partial charge in [0.2, 0.25) is 5.91 Å². The second-order valence-corrected chi connectivity index (χ2v) is 9.83. The van der Waals surface area contributed by atoms with Gasteiger partial charge in [0.25, 0.3) is 5.91 Å². The van der Waals surface area contributed by atoms with Crippen molar-refractivity contribution in [3.63, 3.8) is 0 Å². The molecule has 1 aliphatic rings. The summed E-state index contributed by atoms with van der Waals surface area (Å²) in [5.74, 6) is -1.06. The predicted octanol–water partition coefficient (Wildman–Crippen LogP) is 2.87. The maximum Gasteiger partial charge on any atom is 0.287 e. The van der Waals surface area contributed by atoms with Crippen molar-refractivity contribution in [1.29, 1.82) is 0 Å². The van der Waals surface area contributed by atoms with E-state index >= 15 is 0 Å². The van der Waals surface area contributed by atoms with Gasteiger partial charge in [-0.05, 0) is 42.7 Å². The fraction of sp³-hybridized carbons (Fsp3) is 0.250. The van der Waals surface area contributed by atoms with Gasteiger partial charge in [0.15, 0.2) is 15.6 Å². The molecule has 32 heavy (non-hydrogen) atoms. The van der Waals surface area contributed by atoms with E-state index < -0.39 is 21.8 Å². The minimum absolute atomic E-state index is 0.0412. The predicted molar refractivity (Wildman–Crippen MR) is 119 cm³/mol. The van der Waals surface area contributed by atoms with Gasteiger partial charge in [-0.25, -0.2) is 8.42 Å². The summed E-state index contributed by atoms with van der Waals surface area (Å²) in [6.45, 7) is 0. The number of carbonyl (C=O) groups is 2. The molecule has 8 heteroatoms. The minimum Gasteiger partial charge on any atom is -0.455 e. The Morgan fingerprint density at radius 3 is 2.25 bits per heavy atom. The molecule has 2 amide bonds. The first-order valence-corrected chi connectivity index (χ1v) is 12.1. The van der Waals surface area contributed by atoms with Crippen molar-refractivity contribution in [3.05, 3.63) is 89.9 Å². The van der Waals surface area contributed by atoms with Crippen LogP contribution in [0.2, 0.25) is 0 Å². The highest BCUT2D eigenvalue weighted by molar-refractivity contribution is 7.90.